The van der Waals surface area contributed by atoms with Crippen LogP contribution in [-0.4, -0.2) is 82.2 Å². The maximum atomic E-state index is 12.9. The van der Waals surface area contributed by atoms with Gasteiger partial charge in [0.2, 0.25) is 12.0 Å². The lowest BCUT2D eigenvalue weighted by Crippen LogP contribution is -2.61. The number of carboxylic acids is 1. The van der Waals surface area contributed by atoms with Crippen molar-refractivity contribution in [2.45, 2.75) is 30.7 Å². The minimum absolute atomic E-state index is 0.0478. The molecule has 1 saturated heterocycles. The van der Waals surface area contributed by atoms with Crippen LogP contribution in [0.5, 0.6) is 23.0 Å². The van der Waals surface area contributed by atoms with Crippen LogP contribution in [0.3, 0.4) is 0 Å². The Morgan fingerprint density at radius 1 is 0.971 bits per heavy atom. The summed E-state index contributed by atoms with van der Waals surface area (Å²) < 4.78 is 20.9. The molecule has 182 valence electrons. The van der Waals surface area contributed by atoms with Gasteiger partial charge >= 0.3 is 5.97 Å². The van der Waals surface area contributed by atoms with Crippen LogP contribution in [0.25, 0.3) is 6.08 Å². The SMILES string of the molecule is COc1cc(OC)c(C(=O)/C=C/c2ccccc2)c(O)c1O[C@@H]1O[C@H](C(=O)O)[C@@H](O)[C@H](O)[C@H]1O. The van der Waals surface area contributed by atoms with Crippen LogP contribution in [0.1, 0.15) is 15.9 Å². The number of hydrogen-bond donors (Lipinski definition) is 5. The van der Waals surface area contributed by atoms with Gasteiger partial charge in [-0.15, -0.1) is 0 Å². The number of carboxylic acid groups (broad SMARTS) is 1. The van der Waals surface area contributed by atoms with Crippen molar-refractivity contribution >= 4 is 17.8 Å². The summed E-state index contributed by atoms with van der Waals surface area (Å²) in [5.41, 5.74) is 0.427. The second-order valence-electron chi connectivity index (χ2n) is 7.30. The van der Waals surface area contributed by atoms with Gasteiger partial charge in [-0.3, -0.25) is 4.79 Å². The molecule has 1 heterocycles. The van der Waals surface area contributed by atoms with Crippen LogP contribution >= 0.6 is 0 Å². The van der Waals surface area contributed by atoms with E-state index in [0.717, 1.165) is 5.56 Å². The molecule has 0 saturated carbocycles. The van der Waals surface area contributed by atoms with E-state index in [9.17, 15) is 35.1 Å². The fourth-order valence-corrected chi connectivity index (χ4v) is 3.35. The predicted octanol–water partition coefficient (Wildman–Crippen LogP) is 0.576. The molecule has 5 atom stereocenters. The number of rotatable bonds is 8. The maximum Gasteiger partial charge on any atom is 0.335 e. The molecule has 1 aliphatic heterocycles. The minimum Gasteiger partial charge on any atom is -0.504 e. The molecule has 5 N–H and O–H groups in total. The monoisotopic (exact) mass is 476 g/mol. The molecule has 0 radical (unpaired) electrons. The number of carbonyl (C=O) groups is 2. The van der Waals surface area contributed by atoms with Gasteiger partial charge in [0, 0.05) is 6.07 Å². The molecule has 11 heteroatoms. The first-order valence-corrected chi connectivity index (χ1v) is 10.0. The molecule has 0 aliphatic carbocycles. The van der Waals surface area contributed by atoms with E-state index in [1.165, 1.54) is 32.4 Å². The van der Waals surface area contributed by atoms with Gasteiger partial charge in [0.1, 0.15) is 29.6 Å². The lowest BCUT2D eigenvalue weighted by molar-refractivity contribution is -0.271. The second-order valence-corrected chi connectivity index (χ2v) is 7.30. The quantitative estimate of drug-likeness (QED) is 0.266. The number of benzene rings is 2. The van der Waals surface area contributed by atoms with Crippen LogP contribution in [-0.2, 0) is 9.53 Å². The molecule has 2 aromatic carbocycles. The summed E-state index contributed by atoms with van der Waals surface area (Å²) in [7, 11) is 2.50. The van der Waals surface area contributed by atoms with E-state index < -0.39 is 54.0 Å². The van der Waals surface area contributed by atoms with Crippen molar-refractivity contribution in [3.05, 3.63) is 53.6 Å². The Labute approximate surface area is 194 Å². The molecule has 1 fully saturated rings. The van der Waals surface area contributed by atoms with E-state index in [4.69, 9.17) is 18.9 Å². The lowest BCUT2D eigenvalue weighted by atomic mass is 9.99. The average molecular weight is 476 g/mol. The van der Waals surface area contributed by atoms with Crippen LogP contribution in [0, 0.1) is 0 Å². The van der Waals surface area contributed by atoms with Gasteiger partial charge in [0.15, 0.2) is 23.4 Å². The summed E-state index contributed by atoms with van der Waals surface area (Å²) in [4.78, 5) is 24.3. The molecule has 3 rings (SSSR count). The standard InChI is InChI=1S/C23H24O11/c1-31-13-10-14(32-2)20(33-23-19(28)17(26)18(27)21(34-23)22(29)30)16(25)15(13)12(24)9-8-11-6-4-3-5-7-11/h3-10,17-19,21,23,25-28H,1-2H3,(H,29,30)/b9-8+/t17-,18-,19+,21-,23+/m0/s1. The number of allylic oxidation sites excluding steroid dienone is 1. The largest absolute Gasteiger partial charge is 0.504 e. The Balaban J connectivity index is 2.00. The zero-order valence-corrected chi connectivity index (χ0v) is 18.2. The molecule has 11 nitrogen and oxygen atoms in total. The minimum atomic E-state index is -1.93. The highest BCUT2D eigenvalue weighted by molar-refractivity contribution is 6.11. The molecule has 0 unspecified atom stereocenters. The van der Waals surface area contributed by atoms with E-state index in [1.807, 2.05) is 6.07 Å². The summed E-state index contributed by atoms with van der Waals surface area (Å²) in [5.74, 6) is -3.66. The number of phenolic OH excluding ortho intramolecular Hbond substituents is 1. The van der Waals surface area contributed by atoms with E-state index in [0.29, 0.717) is 0 Å². The van der Waals surface area contributed by atoms with Crippen molar-refractivity contribution in [3.8, 4) is 23.0 Å². The number of phenols is 1. The third kappa shape index (κ3) is 4.97. The summed E-state index contributed by atoms with van der Waals surface area (Å²) in [5, 5.41) is 50.2. The number of hydrogen-bond acceptors (Lipinski definition) is 10. The molecule has 0 amide bonds. The van der Waals surface area contributed by atoms with Crippen molar-refractivity contribution in [1.82, 2.24) is 0 Å². The molecule has 0 spiro atoms. The Bertz CT molecular complexity index is 1070. The van der Waals surface area contributed by atoms with Gasteiger partial charge < -0.3 is 44.5 Å². The maximum absolute atomic E-state index is 12.9. The molecule has 1 aliphatic rings. The van der Waals surface area contributed by atoms with Crippen LogP contribution < -0.4 is 14.2 Å². The Hall–Kier alpha value is -3.64. The van der Waals surface area contributed by atoms with Crippen LogP contribution in [0.15, 0.2) is 42.5 Å². The number of aliphatic carboxylic acids is 1. The Morgan fingerprint density at radius 2 is 1.62 bits per heavy atom. The highest BCUT2D eigenvalue weighted by atomic mass is 16.7. The number of ketones is 1. The number of aromatic hydroxyl groups is 1. The lowest BCUT2D eigenvalue weighted by Gasteiger charge is -2.38. The fraction of sp³-hybridized carbons (Fsp3) is 0.304. The number of aliphatic hydroxyl groups excluding tert-OH is 3. The highest BCUT2D eigenvalue weighted by Crippen LogP contribution is 2.46. The van der Waals surface area contributed by atoms with E-state index in [1.54, 1.807) is 24.3 Å². The number of ether oxygens (including phenoxy) is 4. The van der Waals surface area contributed by atoms with Crippen molar-refractivity contribution in [3.63, 3.8) is 0 Å². The molecule has 0 bridgehead atoms. The van der Waals surface area contributed by atoms with Crippen LogP contribution in [0.2, 0.25) is 0 Å². The van der Waals surface area contributed by atoms with Gasteiger partial charge in [-0.2, -0.15) is 0 Å². The number of aliphatic hydroxyl groups is 3. The number of carbonyl (C=O) groups excluding carboxylic acids is 1. The van der Waals surface area contributed by atoms with Crippen molar-refractivity contribution in [2.24, 2.45) is 0 Å². The molecule has 2 aromatic rings. The van der Waals surface area contributed by atoms with Crippen molar-refractivity contribution in [2.75, 3.05) is 14.2 Å². The zero-order valence-electron chi connectivity index (χ0n) is 18.2. The van der Waals surface area contributed by atoms with E-state index in [2.05, 4.69) is 0 Å². The third-order valence-electron chi connectivity index (χ3n) is 5.14. The number of methoxy groups -OCH3 is 2. The van der Waals surface area contributed by atoms with Crippen molar-refractivity contribution < 1.29 is 54.1 Å². The molecular formula is C23H24O11. The molecule has 34 heavy (non-hydrogen) atoms. The normalized spacial score (nSPS) is 24.6. The molecule has 0 aromatic heterocycles. The van der Waals surface area contributed by atoms with Gasteiger partial charge in [-0.1, -0.05) is 36.4 Å². The fourth-order valence-electron chi connectivity index (χ4n) is 3.35. The average Bonchev–Trinajstić information content (AvgIpc) is 2.83. The Kier molecular flexibility index (Phi) is 7.74. The van der Waals surface area contributed by atoms with Crippen molar-refractivity contribution in [1.29, 1.82) is 0 Å². The molecular weight excluding hydrogens is 452 g/mol. The Morgan fingerprint density at radius 3 is 2.21 bits per heavy atom. The van der Waals surface area contributed by atoms with Gasteiger partial charge in [0.25, 0.3) is 0 Å². The first-order valence-electron chi connectivity index (χ1n) is 10.0. The van der Waals surface area contributed by atoms with Gasteiger partial charge in [-0.25, -0.2) is 4.79 Å². The third-order valence-corrected chi connectivity index (χ3v) is 5.14. The van der Waals surface area contributed by atoms with Crippen LogP contribution in [0.4, 0.5) is 0 Å². The smallest absolute Gasteiger partial charge is 0.335 e. The second kappa shape index (κ2) is 10.5. The first-order chi connectivity index (χ1) is 16.2. The summed E-state index contributed by atoms with van der Waals surface area (Å²) in [6.45, 7) is 0. The van der Waals surface area contributed by atoms with Gasteiger partial charge in [-0.05, 0) is 11.6 Å². The van der Waals surface area contributed by atoms with E-state index >= 15 is 0 Å². The zero-order chi connectivity index (χ0) is 25.0. The van der Waals surface area contributed by atoms with Gasteiger partial charge in [0.05, 0.1) is 14.2 Å². The summed E-state index contributed by atoms with van der Waals surface area (Å²) in [6, 6.07) is 10.2. The first kappa shape index (κ1) is 25.0. The summed E-state index contributed by atoms with van der Waals surface area (Å²) in [6.07, 6.45) is -6.79. The predicted molar refractivity (Wildman–Crippen MR) is 116 cm³/mol. The summed E-state index contributed by atoms with van der Waals surface area (Å²) >= 11 is 0. The highest BCUT2D eigenvalue weighted by Gasteiger charge is 2.48. The van der Waals surface area contributed by atoms with E-state index in [-0.39, 0.29) is 17.1 Å². The topological polar surface area (TPSA) is 172 Å².